The van der Waals surface area contributed by atoms with Crippen molar-refractivity contribution in [2.24, 2.45) is 11.7 Å². The Morgan fingerprint density at radius 1 is 1.40 bits per heavy atom. The Labute approximate surface area is 94.4 Å². The van der Waals surface area contributed by atoms with Gasteiger partial charge in [-0.25, -0.2) is 4.39 Å². The van der Waals surface area contributed by atoms with Gasteiger partial charge in [0, 0.05) is 6.04 Å². The van der Waals surface area contributed by atoms with Crippen LogP contribution in [0.3, 0.4) is 0 Å². The van der Waals surface area contributed by atoms with Crippen LogP contribution < -0.4 is 5.73 Å². The molecular formula is C12H15ClFN. The number of benzene rings is 1. The fraction of sp³-hybridized carbons (Fsp3) is 0.500. The minimum Gasteiger partial charge on any atom is -0.328 e. The fourth-order valence-electron chi connectivity index (χ4n) is 2.32. The van der Waals surface area contributed by atoms with Gasteiger partial charge in [-0.1, -0.05) is 23.7 Å². The fourth-order valence-corrected chi connectivity index (χ4v) is 2.52. The van der Waals surface area contributed by atoms with E-state index in [2.05, 4.69) is 0 Å². The van der Waals surface area contributed by atoms with Crippen molar-refractivity contribution < 1.29 is 4.39 Å². The Morgan fingerprint density at radius 3 is 2.87 bits per heavy atom. The van der Waals surface area contributed by atoms with E-state index in [0.717, 1.165) is 31.2 Å². The maximum absolute atomic E-state index is 13.2. The smallest absolute Gasteiger partial charge is 0.142 e. The number of nitrogens with two attached hydrogens (primary N) is 1. The molecular weight excluding hydrogens is 213 g/mol. The summed E-state index contributed by atoms with van der Waals surface area (Å²) in [5.74, 6) is 0.246. The molecule has 0 spiro atoms. The first-order valence-corrected chi connectivity index (χ1v) is 5.73. The SMILES string of the molecule is NC1CCC(Cc2cccc(F)c2Cl)C1. The van der Waals surface area contributed by atoms with Crippen LogP contribution in [0.4, 0.5) is 4.39 Å². The summed E-state index contributed by atoms with van der Waals surface area (Å²) in [6.45, 7) is 0. The molecule has 15 heavy (non-hydrogen) atoms. The molecule has 2 rings (SSSR count). The highest BCUT2D eigenvalue weighted by Gasteiger charge is 2.22. The number of hydrogen-bond acceptors (Lipinski definition) is 1. The van der Waals surface area contributed by atoms with Crippen molar-refractivity contribution in [3.8, 4) is 0 Å². The lowest BCUT2D eigenvalue weighted by molar-refractivity contribution is 0.532. The van der Waals surface area contributed by atoms with Gasteiger partial charge in [0.15, 0.2) is 0 Å². The van der Waals surface area contributed by atoms with E-state index in [9.17, 15) is 4.39 Å². The minimum absolute atomic E-state index is 0.276. The summed E-state index contributed by atoms with van der Waals surface area (Å²) < 4.78 is 13.2. The van der Waals surface area contributed by atoms with Crippen LogP contribution in [0.1, 0.15) is 24.8 Å². The van der Waals surface area contributed by atoms with Crippen molar-refractivity contribution in [3.63, 3.8) is 0 Å². The molecule has 0 radical (unpaired) electrons. The van der Waals surface area contributed by atoms with E-state index >= 15 is 0 Å². The topological polar surface area (TPSA) is 26.0 Å². The van der Waals surface area contributed by atoms with E-state index in [-0.39, 0.29) is 10.8 Å². The summed E-state index contributed by atoms with van der Waals surface area (Å²) in [6.07, 6.45) is 4.10. The van der Waals surface area contributed by atoms with Crippen LogP contribution in [0, 0.1) is 11.7 Å². The maximum atomic E-state index is 13.2. The second-order valence-electron chi connectivity index (χ2n) is 4.36. The summed E-state index contributed by atoms with van der Waals surface area (Å²) in [5, 5.41) is 0.276. The summed E-state index contributed by atoms with van der Waals surface area (Å²) >= 11 is 5.90. The van der Waals surface area contributed by atoms with Gasteiger partial charge in [-0.3, -0.25) is 0 Å². The summed E-state index contributed by atoms with van der Waals surface area (Å²) in [4.78, 5) is 0. The Balaban J connectivity index is 2.07. The molecule has 0 heterocycles. The zero-order valence-electron chi connectivity index (χ0n) is 8.55. The zero-order valence-corrected chi connectivity index (χ0v) is 9.30. The third kappa shape index (κ3) is 2.50. The van der Waals surface area contributed by atoms with E-state index in [4.69, 9.17) is 17.3 Å². The van der Waals surface area contributed by atoms with Crippen molar-refractivity contribution in [2.75, 3.05) is 0 Å². The van der Waals surface area contributed by atoms with Crippen molar-refractivity contribution >= 4 is 11.6 Å². The first-order valence-electron chi connectivity index (χ1n) is 5.35. The van der Waals surface area contributed by atoms with Crippen molar-refractivity contribution in [3.05, 3.63) is 34.6 Å². The van der Waals surface area contributed by atoms with Gasteiger partial charge in [-0.05, 0) is 43.2 Å². The Hall–Kier alpha value is -0.600. The number of hydrogen-bond donors (Lipinski definition) is 1. The van der Waals surface area contributed by atoms with Gasteiger partial charge in [-0.15, -0.1) is 0 Å². The summed E-state index contributed by atoms with van der Waals surface area (Å²) in [5.41, 5.74) is 6.75. The molecule has 0 aromatic heterocycles. The first kappa shape index (κ1) is 10.9. The van der Waals surface area contributed by atoms with E-state index in [1.165, 1.54) is 6.07 Å². The molecule has 3 heteroatoms. The molecule has 1 aromatic rings. The van der Waals surface area contributed by atoms with Crippen molar-refractivity contribution in [2.45, 2.75) is 31.7 Å². The molecule has 2 unspecified atom stereocenters. The molecule has 1 aromatic carbocycles. The lowest BCUT2D eigenvalue weighted by atomic mass is 9.98. The maximum Gasteiger partial charge on any atom is 0.142 e. The molecule has 82 valence electrons. The van der Waals surface area contributed by atoms with Crippen LogP contribution >= 0.6 is 11.6 Å². The molecule has 1 aliphatic carbocycles. The second kappa shape index (κ2) is 4.50. The predicted molar refractivity (Wildman–Crippen MR) is 60.4 cm³/mol. The Bertz CT molecular complexity index is 353. The minimum atomic E-state index is -0.323. The quantitative estimate of drug-likeness (QED) is 0.825. The van der Waals surface area contributed by atoms with Gasteiger partial charge < -0.3 is 5.73 Å². The molecule has 2 N–H and O–H groups in total. The normalized spacial score (nSPS) is 25.8. The van der Waals surface area contributed by atoms with Crippen molar-refractivity contribution in [1.29, 1.82) is 0 Å². The second-order valence-corrected chi connectivity index (χ2v) is 4.73. The average Bonchev–Trinajstić information content (AvgIpc) is 2.59. The van der Waals surface area contributed by atoms with Gasteiger partial charge in [0.05, 0.1) is 5.02 Å². The standard InChI is InChI=1S/C12H15ClFN/c13-12-9(2-1-3-11(12)14)6-8-4-5-10(15)7-8/h1-3,8,10H,4-7,15H2. The number of halogens is 2. The molecule has 1 fully saturated rings. The van der Waals surface area contributed by atoms with Crippen LogP contribution in [0.5, 0.6) is 0 Å². The molecule has 0 bridgehead atoms. The monoisotopic (exact) mass is 227 g/mol. The van der Waals surface area contributed by atoms with Gasteiger partial charge in [0.25, 0.3) is 0 Å². The third-order valence-corrected chi connectivity index (χ3v) is 3.55. The summed E-state index contributed by atoms with van der Waals surface area (Å²) in [7, 11) is 0. The van der Waals surface area contributed by atoms with Gasteiger partial charge in [0.2, 0.25) is 0 Å². The van der Waals surface area contributed by atoms with Gasteiger partial charge in [-0.2, -0.15) is 0 Å². The van der Waals surface area contributed by atoms with Gasteiger partial charge >= 0.3 is 0 Å². The van der Waals surface area contributed by atoms with Crippen LogP contribution in [0.2, 0.25) is 5.02 Å². The van der Waals surface area contributed by atoms with Crippen LogP contribution in [-0.2, 0) is 6.42 Å². The van der Waals surface area contributed by atoms with Gasteiger partial charge in [0.1, 0.15) is 5.82 Å². The molecule has 1 saturated carbocycles. The average molecular weight is 228 g/mol. The van der Waals surface area contributed by atoms with Crippen molar-refractivity contribution in [1.82, 2.24) is 0 Å². The van der Waals surface area contributed by atoms with Crippen LogP contribution in [0.15, 0.2) is 18.2 Å². The molecule has 0 amide bonds. The Kier molecular flexibility index (Phi) is 3.27. The van der Waals surface area contributed by atoms with E-state index in [1.807, 2.05) is 6.07 Å². The van der Waals surface area contributed by atoms with Crippen LogP contribution in [0.25, 0.3) is 0 Å². The molecule has 0 saturated heterocycles. The lowest BCUT2D eigenvalue weighted by Gasteiger charge is -2.11. The van der Waals surface area contributed by atoms with Crippen LogP contribution in [-0.4, -0.2) is 6.04 Å². The largest absolute Gasteiger partial charge is 0.328 e. The highest BCUT2D eigenvalue weighted by Crippen LogP contribution is 2.30. The lowest BCUT2D eigenvalue weighted by Crippen LogP contribution is -2.15. The van der Waals surface area contributed by atoms with E-state index < -0.39 is 0 Å². The predicted octanol–water partition coefficient (Wildman–Crippen LogP) is 3.15. The highest BCUT2D eigenvalue weighted by atomic mass is 35.5. The Morgan fingerprint density at radius 2 is 2.20 bits per heavy atom. The molecule has 1 aliphatic rings. The molecule has 2 atom stereocenters. The zero-order chi connectivity index (χ0) is 10.8. The third-order valence-electron chi connectivity index (χ3n) is 3.12. The molecule has 1 nitrogen and oxygen atoms in total. The first-order chi connectivity index (χ1) is 7.16. The summed E-state index contributed by atoms with van der Waals surface area (Å²) in [6, 6.07) is 5.33. The molecule has 0 aliphatic heterocycles. The highest BCUT2D eigenvalue weighted by molar-refractivity contribution is 6.31. The van der Waals surface area contributed by atoms with E-state index in [0.29, 0.717) is 12.0 Å². The van der Waals surface area contributed by atoms with E-state index in [1.54, 1.807) is 6.07 Å². The number of rotatable bonds is 2.